The van der Waals surface area contributed by atoms with E-state index < -0.39 is 0 Å². The van der Waals surface area contributed by atoms with E-state index in [-0.39, 0.29) is 23.4 Å². The molecule has 9 heteroatoms. The van der Waals surface area contributed by atoms with Crippen molar-refractivity contribution in [1.82, 2.24) is 14.9 Å². The first kappa shape index (κ1) is 23.7. The van der Waals surface area contributed by atoms with Gasteiger partial charge in [-0.1, -0.05) is 30.0 Å². The van der Waals surface area contributed by atoms with Crippen LogP contribution in [0, 0.1) is 17.1 Å². The monoisotopic (exact) mass is 485 g/mol. The molecule has 174 valence electrons. The lowest BCUT2D eigenvalue weighted by Crippen LogP contribution is -2.22. The zero-order valence-corrected chi connectivity index (χ0v) is 19.3. The summed E-state index contributed by atoms with van der Waals surface area (Å²) in [6.45, 7) is 0.298. The van der Waals surface area contributed by atoms with Gasteiger partial charge in [0.2, 0.25) is 5.91 Å². The van der Waals surface area contributed by atoms with E-state index in [2.05, 4.69) is 15.6 Å². The molecule has 1 aromatic heterocycles. The van der Waals surface area contributed by atoms with Gasteiger partial charge in [0.1, 0.15) is 5.82 Å². The fraction of sp³-hybridized carbons (Fsp3) is 0.0769. The van der Waals surface area contributed by atoms with Gasteiger partial charge in [-0.2, -0.15) is 5.26 Å². The van der Waals surface area contributed by atoms with Gasteiger partial charge in [0.05, 0.1) is 17.4 Å². The lowest BCUT2D eigenvalue weighted by molar-refractivity contribution is -0.113. The summed E-state index contributed by atoms with van der Waals surface area (Å²) in [5, 5.41) is 15.2. The molecule has 0 bridgehead atoms. The van der Waals surface area contributed by atoms with Crippen LogP contribution in [-0.2, 0) is 11.3 Å². The molecule has 2 amide bonds. The van der Waals surface area contributed by atoms with Gasteiger partial charge in [-0.25, -0.2) is 9.37 Å². The number of nitrogens with one attached hydrogen (secondary N) is 2. The maximum absolute atomic E-state index is 13.0. The summed E-state index contributed by atoms with van der Waals surface area (Å²) in [5.41, 5.74) is 3.12. The molecule has 0 aliphatic heterocycles. The standard InChI is InChI=1S/C26H20FN5O2S/c27-21-8-4-18(5-9-21)16-30-25(34)20-6-10-23(11-7-20)32-13-12-29-26(32)35-17-24(33)31-22-3-1-2-19(14-22)15-28/h1-14H,16-17H2,(H,30,34)(H,31,33). The van der Waals surface area contributed by atoms with E-state index in [1.54, 1.807) is 73.1 Å². The smallest absolute Gasteiger partial charge is 0.251 e. The number of imidazole rings is 1. The average Bonchev–Trinajstić information content (AvgIpc) is 3.36. The van der Waals surface area contributed by atoms with Crippen LogP contribution in [0.2, 0.25) is 0 Å². The fourth-order valence-corrected chi connectivity index (χ4v) is 4.02. The Balaban J connectivity index is 1.34. The summed E-state index contributed by atoms with van der Waals surface area (Å²) in [4.78, 5) is 29.1. The Hall–Kier alpha value is -4.42. The van der Waals surface area contributed by atoms with Crippen molar-refractivity contribution < 1.29 is 14.0 Å². The summed E-state index contributed by atoms with van der Waals surface area (Å²) in [7, 11) is 0. The second kappa shape index (κ2) is 11.1. The van der Waals surface area contributed by atoms with Crippen molar-refractivity contribution in [2.75, 3.05) is 11.1 Å². The Morgan fingerprint density at radius 2 is 1.83 bits per heavy atom. The number of rotatable bonds is 8. The summed E-state index contributed by atoms with van der Waals surface area (Å²) in [5.74, 6) is -0.637. The highest BCUT2D eigenvalue weighted by atomic mass is 32.2. The van der Waals surface area contributed by atoms with E-state index in [1.807, 2.05) is 10.6 Å². The van der Waals surface area contributed by atoms with Crippen LogP contribution in [0.1, 0.15) is 21.5 Å². The molecule has 35 heavy (non-hydrogen) atoms. The van der Waals surface area contributed by atoms with Gasteiger partial charge in [-0.15, -0.1) is 0 Å². The van der Waals surface area contributed by atoms with Crippen molar-refractivity contribution in [3.63, 3.8) is 0 Å². The summed E-state index contributed by atoms with van der Waals surface area (Å²) in [6, 6.07) is 21.7. The molecule has 0 atom stereocenters. The van der Waals surface area contributed by atoms with E-state index in [0.29, 0.717) is 28.5 Å². The molecule has 0 saturated heterocycles. The second-order valence-corrected chi connectivity index (χ2v) is 8.41. The number of amides is 2. The quantitative estimate of drug-likeness (QED) is 0.357. The van der Waals surface area contributed by atoms with Crippen molar-refractivity contribution in [1.29, 1.82) is 5.26 Å². The molecule has 0 aliphatic rings. The van der Waals surface area contributed by atoms with Crippen LogP contribution >= 0.6 is 11.8 Å². The van der Waals surface area contributed by atoms with Crippen LogP contribution in [0.3, 0.4) is 0 Å². The third-order valence-corrected chi connectivity index (χ3v) is 5.96. The first-order chi connectivity index (χ1) is 17.0. The summed E-state index contributed by atoms with van der Waals surface area (Å²) >= 11 is 1.27. The molecule has 1 heterocycles. The van der Waals surface area contributed by atoms with Crippen molar-refractivity contribution >= 4 is 29.3 Å². The lowest BCUT2D eigenvalue weighted by atomic mass is 10.1. The normalized spacial score (nSPS) is 10.4. The Bertz CT molecular complexity index is 1380. The molecular formula is C26H20FN5O2S. The minimum absolute atomic E-state index is 0.137. The first-order valence-electron chi connectivity index (χ1n) is 10.6. The van der Waals surface area contributed by atoms with Gasteiger partial charge < -0.3 is 10.6 Å². The summed E-state index contributed by atoms with van der Waals surface area (Å²) < 4.78 is 14.8. The Kier molecular flexibility index (Phi) is 7.55. The predicted molar refractivity (Wildman–Crippen MR) is 132 cm³/mol. The lowest BCUT2D eigenvalue weighted by Gasteiger charge is -2.10. The highest BCUT2D eigenvalue weighted by molar-refractivity contribution is 7.99. The number of aromatic nitrogens is 2. The van der Waals surface area contributed by atoms with Crippen LogP contribution in [0.5, 0.6) is 0 Å². The van der Waals surface area contributed by atoms with Crippen LogP contribution in [0.4, 0.5) is 10.1 Å². The van der Waals surface area contributed by atoms with Gasteiger partial charge in [0.15, 0.2) is 5.16 Å². The molecule has 2 N–H and O–H groups in total. The largest absolute Gasteiger partial charge is 0.348 e. The third-order valence-electron chi connectivity index (χ3n) is 4.99. The fourth-order valence-electron chi connectivity index (χ4n) is 3.25. The Morgan fingerprint density at radius 1 is 1.06 bits per heavy atom. The molecule has 4 aromatic rings. The molecule has 0 radical (unpaired) electrons. The zero-order valence-electron chi connectivity index (χ0n) is 18.4. The molecule has 4 rings (SSSR count). The maximum Gasteiger partial charge on any atom is 0.251 e. The Labute approximate surface area is 205 Å². The Morgan fingerprint density at radius 3 is 2.57 bits per heavy atom. The highest BCUT2D eigenvalue weighted by Crippen LogP contribution is 2.21. The van der Waals surface area contributed by atoms with Crippen molar-refractivity contribution in [3.05, 3.63) is 108 Å². The van der Waals surface area contributed by atoms with E-state index in [9.17, 15) is 14.0 Å². The number of carbonyl (C=O) groups excluding carboxylic acids is 2. The molecule has 3 aromatic carbocycles. The number of nitrogens with zero attached hydrogens (tertiary/aromatic N) is 3. The molecular weight excluding hydrogens is 465 g/mol. The van der Waals surface area contributed by atoms with Gasteiger partial charge in [-0.05, 0) is 60.2 Å². The van der Waals surface area contributed by atoms with E-state index >= 15 is 0 Å². The van der Waals surface area contributed by atoms with Gasteiger partial charge in [0, 0.05) is 35.9 Å². The molecule has 0 aliphatic carbocycles. The maximum atomic E-state index is 13.0. The van der Waals surface area contributed by atoms with E-state index in [1.165, 1.54) is 23.9 Å². The van der Waals surface area contributed by atoms with Gasteiger partial charge in [-0.3, -0.25) is 14.2 Å². The number of nitriles is 1. The number of anilines is 1. The van der Waals surface area contributed by atoms with Crippen molar-refractivity contribution in [2.45, 2.75) is 11.7 Å². The molecule has 0 spiro atoms. The second-order valence-electron chi connectivity index (χ2n) is 7.47. The van der Waals surface area contributed by atoms with E-state index in [4.69, 9.17) is 5.26 Å². The zero-order chi connectivity index (χ0) is 24.6. The molecule has 0 unspecified atom stereocenters. The van der Waals surface area contributed by atoms with Crippen molar-refractivity contribution in [3.8, 4) is 11.8 Å². The van der Waals surface area contributed by atoms with Crippen LogP contribution in [-0.4, -0.2) is 27.1 Å². The predicted octanol–water partition coefficient (Wildman–Crippen LogP) is 4.54. The van der Waals surface area contributed by atoms with Crippen molar-refractivity contribution in [2.24, 2.45) is 0 Å². The third kappa shape index (κ3) is 6.34. The number of thioether (sulfide) groups is 1. The number of hydrogen-bond acceptors (Lipinski definition) is 5. The van der Waals surface area contributed by atoms with Crippen LogP contribution in [0.25, 0.3) is 5.69 Å². The molecule has 0 fully saturated rings. The first-order valence-corrected chi connectivity index (χ1v) is 11.6. The SMILES string of the molecule is N#Cc1cccc(NC(=O)CSc2nccn2-c2ccc(C(=O)NCc3ccc(F)cc3)cc2)c1. The minimum Gasteiger partial charge on any atom is -0.348 e. The van der Waals surface area contributed by atoms with Crippen LogP contribution < -0.4 is 10.6 Å². The molecule has 7 nitrogen and oxygen atoms in total. The van der Waals surface area contributed by atoms with Gasteiger partial charge in [0.25, 0.3) is 5.91 Å². The number of benzene rings is 3. The topological polar surface area (TPSA) is 99.8 Å². The number of halogens is 1. The number of carbonyl (C=O) groups is 2. The van der Waals surface area contributed by atoms with E-state index in [0.717, 1.165) is 11.3 Å². The molecule has 0 saturated carbocycles. The summed E-state index contributed by atoms with van der Waals surface area (Å²) in [6.07, 6.45) is 3.42. The van der Waals surface area contributed by atoms with Crippen LogP contribution in [0.15, 0.2) is 90.3 Å². The number of hydrogen-bond donors (Lipinski definition) is 2. The van der Waals surface area contributed by atoms with Gasteiger partial charge >= 0.3 is 0 Å². The average molecular weight is 486 g/mol. The highest BCUT2D eigenvalue weighted by Gasteiger charge is 2.11. The minimum atomic E-state index is -0.321.